The van der Waals surface area contributed by atoms with Crippen LogP contribution in [0.4, 0.5) is 0 Å². The third kappa shape index (κ3) is 3.93. The van der Waals surface area contributed by atoms with Crippen LogP contribution in [0.2, 0.25) is 0 Å². The van der Waals surface area contributed by atoms with Gasteiger partial charge in [-0.3, -0.25) is 0 Å². The lowest BCUT2D eigenvalue weighted by Gasteiger charge is -2.39. The van der Waals surface area contributed by atoms with Crippen LogP contribution in [0.15, 0.2) is 188 Å². The molecule has 8 aromatic carbocycles. The highest BCUT2D eigenvalue weighted by Crippen LogP contribution is 2.62. The first-order chi connectivity index (χ1) is 25.3. The highest BCUT2D eigenvalue weighted by atomic mass is 16.5. The molecule has 0 unspecified atom stereocenters. The Morgan fingerprint density at radius 2 is 0.922 bits per heavy atom. The van der Waals surface area contributed by atoms with E-state index in [9.17, 15) is 0 Å². The molecule has 0 amide bonds. The van der Waals surface area contributed by atoms with Crippen molar-refractivity contribution in [1.82, 2.24) is 4.57 Å². The molecule has 11 rings (SSSR count). The minimum Gasteiger partial charge on any atom is -0.457 e. The summed E-state index contributed by atoms with van der Waals surface area (Å²) < 4.78 is 9.05. The number of ether oxygens (including phenoxy) is 1. The van der Waals surface area contributed by atoms with Crippen LogP contribution in [0.25, 0.3) is 60.9 Å². The third-order valence-corrected chi connectivity index (χ3v) is 11.1. The minimum atomic E-state index is -0.483. The summed E-state index contributed by atoms with van der Waals surface area (Å²) in [6.45, 7) is 0. The Labute approximate surface area is 296 Å². The van der Waals surface area contributed by atoms with Crippen molar-refractivity contribution in [3.63, 3.8) is 0 Å². The van der Waals surface area contributed by atoms with Crippen molar-refractivity contribution in [2.45, 2.75) is 5.41 Å². The lowest BCUT2D eigenvalue weighted by Crippen LogP contribution is -2.32. The standard InChI is InChI=1S/C49H31NO/c1-2-15-36(16-3-1)50-45-23-10-6-19-39(45)40-30-34(25-27-46(40)50)32-13-12-14-33(29-32)35-26-28-48-44(31-35)49(43-22-9-11-24-47(43)51-48)41-20-7-4-17-37(41)38-18-5-8-21-42(38)49/h1-31H. The largest absolute Gasteiger partial charge is 0.457 e. The van der Waals surface area contributed by atoms with Crippen LogP contribution in [-0.4, -0.2) is 4.57 Å². The molecule has 0 saturated heterocycles. The maximum atomic E-state index is 6.69. The molecule has 238 valence electrons. The van der Waals surface area contributed by atoms with Crippen LogP contribution in [-0.2, 0) is 5.41 Å². The van der Waals surface area contributed by atoms with E-state index >= 15 is 0 Å². The van der Waals surface area contributed by atoms with E-state index in [2.05, 4.69) is 193 Å². The van der Waals surface area contributed by atoms with E-state index in [0.717, 1.165) is 11.5 Å². The highest BCUT2D eigenvalue weighted by Gasteiger charge is 2.50. The van der Waals surface area contributed by atoms with Gasteiger partial charge in [0.2, 0.25) is 0 Å². The second-order valence-electron chi connectivity index (χ2n) is 13.7. The van der Waals surface area contributed by atoms with Crippen molar-refractivity contribution in [1.29, 1.82) is 0 Å². The van der Waals surface area contributed by atoms with Gasteiger partial charge in [-0.2, -0.15) is 0 Å². The van der Waals surface area contributed by atoms with Crippen LogP contribution in [0.3, 0.4) is 0 Å². The Bertz CT molecular complexity index is 2800. The predicted molar refractivity (Wildman–Crippen MR) is 209 cm³/mol. The van der Waals surface area contributed by atoms with Crippen LogP contribution < -0.4 is 4.74 Å². The summed E-state index contributed by atoms with van der Waals surface area (Å²) in [7, 11) is 0. The Kier molecular flexibility index (Phi) is 5.91. The third-order valence-electron chi connectivity index (χ3n) is 11.1. The fourth-order valence-corrected chi connectivity index (χ4v) is 8.92. The molecule has 1 aliphatic heterocycles. The number of rotatable bonds is 3. The van der Waals surface area contributed by atoms with E-state index in [4.69, 9.17) is 4.74 Å². The van der Waals surface area contributed by atoms with Crippen LogP contribution >= 0.6 is 0 Å². The summed E-state index contributed by atoms with van der Waals surface area (Å²) in [4.78, 5) is 0. The zero-order chi connectivity index (χ0) is 33.5. The van der Waals surface area contributed by atoms with Crippen molar-refractivity contribution < 1.29 is 4.74 Å². The van der Waals surface area contributed by atoms with Gasteiger partial charge in [-0.25, -0.2) is 0 Å². The second kappa shape index (κ2) is 10.7. The molecule has 1 aliphatic carbocycles. The van der Waals surface area contributed by atoms with Gasteiger partial charge in [0.05, 0.1) is 16.4 Å². The number of nitrogens with zero attached hydrogens (tertiary/aromatic N) is 1. The van der Waals surface area contributed by atoms with Crippen molar-refractivity contribution in [2.24, 2.45) is 0 Å². The Morgan fingerprint density at radius 1 is 0.353 bits per heavy atom. The molecule has 0 fully saturated rings. The van der Waals surface area contributed by atoms with Gasteiger partial charge in [0, 0.05) is 27.6 Å². The molecular weight excluding hydrogens is 619 g/mol. The molecule has 9 aromatic rings. The summed E-state index contributed by atoms with van der Waals surface area (Å²) in [5, 5.41) is 2.51. The van der Waals surface area contributed by atoms with Crippen molar-refractivity contribution in [3.8, 4) is 50.6 Å². The summed E-state index contributed by atoms with van der Waals surface area (Å²) in [5.41, 5.74) is 15.4. The number of para-hydroxylation sites is 3. The molecule has 2 heterocycles. The van der Waals surface area contributed by atoms with Crippen LogP contribution in [0, 0.1) is 0 Å². The number of hydrogen-bond acceptors (Lipinski definition) is 1. The summed E-state index contributed by atoms with van der Waals surface area (Å²) in [6, 6.07) is 68.3. The van der Waals surface area contributed by atoms with Gasteiger partial charge >= 0.3 is 0 Å². The predicted octanol–water partition coefficient (Wildman–Crippen LogP) is 12.6. The van der Waals surface area contributed by atoms with E-state index in [1.807, 2.05) is 0 Å². The van der Waals surface area contributed by atoms with E-state index < -0.39 is 5.41 Å². The van der Waals surface area contributed by atoms with Gasteiger partial charge in [-0.15, -0.1) is 0 Å². The molecule has 0 bridgehead atoms. The van der Waals surface area contributed by atoms with Gasteiger partial charge in [-0.1, -0.05) is 133 Å². The zero-order valence-electron chi connectivity index (χ0n) is 27.8. The number of hydrogen-bond donors (Lipinski definition) is 0. The molecule has 51 heavy (non-hydrogen) atoms. The van der Waals surface area contributed by atoms with Crippen molar-refractivity contribution >= 4 is 21.8 Å². The number of benzene rings is 8. The molecule has 0 atom stereocenters. The first-order valence-corrected chi connectivity index (χ1v) is 17.6. The molecule has 0 saturated carbocycles. The average Bonchev–Trinajstić information content (AvgIpc) is 3.69. The normalized spacial score (nSPS) is 13.4. The van der Waals surface area contributed by atoms with E-state index in [-0.39, 0.29) is 0 Å². The first-order valence-electron chi connectivity index (χ1n) is 17.6. The molecule has 1 spiro atoms. The van der Waals surface area contributed by atoms with Gasteiger partial charge in [-0.05, 0) is 99.1 Å². The van der Waals surface area contributed by atoms with E-state index in [1.165, 1.54) is 83.1 Å². The first kappa shape index (κ1) is 28.2. The molecule has 0 N–H and O–H groups in total. The summed E-state index contributed by atoms with van der Waals surface area (Å²) in [6.07, 6.45) is 0. The van der Waals surface area contributed by atoms with Crippen LogP contribution in [0.5, 0.6) is 11.5 Å². The molecule has 2 nitrogen and oxygen atoms in total. The maximum Gasteiger partial charge on any atom is 0.132 e. The smallest absolute Gasteiger partial charge is 0.132 e. The average molecular weight is 650 g/mol. The van der Waals surface area contributed by atoms with Gasteiger partial charge < -0.3 is 9.30 Å². The van der Waals surface area contributed by atoms with Gasteiger partial charge in [0.15, 0.2) is 0 Å². The maximum absolute atomic E-state index is 6.69. The Morgan fingerprint density at radius 3 is 1.71 bits per heavy atom. The molecular formula is C49H31NO. The van der Waals surface area contributed by atoms with E-state index in [0.29, 0.717) is 0 Å². The topological polar surface area (TPSA) is 14.2 Å². The highest BCUT2D eigenvalue weighted by molar-refractivity contribution is 6.10. The number of fused-ring (bicyclic) bond motifs is 12. The van der Waals surface area contributed by atoms with Crippen molar-refractivity contribution in [2.75, 3.05) is 0 Å². The quantitative estimate of drug-likeness (QED) is 0.186. The molecule has 0 radical (unpaired) electrons. The Balaban J connectivity index is 1.08. The lowest BCUT2D eigenvalue weighted by molar-refractivity contribution is 0.436. The lowest BCUT2D eigenvalue weighted by atomic mass is 9.66. The number of aromatic nitrogens is 1. The SMILES string of the molecule is c1ccc(-n2c3ccccc3c3cc(-c4cccc(-c5ccc6c(c5)C5(c7ccccc7O6)c6ccccc6-c6ccccc65)c4)ccc32)cc1. The molecule has 2 aliphatic rings. The van der Waals surface area contributed by atoms with Crippen molar-refractivity contribution in [3.05, 3.63) is 210 Å². The molecule has 2 heteroatoms. The molecule has 1 aromatic heterocycles. The Hall–Kier alpha value is -6.64. The van der Waals surface area contributed by atoms with E-state index in [1.54, 1.807) is 0 Å². The second-order valence-corrected chi connectivity index (χ2v) is 13.7. The summed E-state index contributed by atoms with van der Waals surface area (Å²) >= 11 is 0. The monoisotopic (exact) mass is 649 g/mol. The van der Waals surface area contributed by atoms with Crippen LogP contribution in [0.1, 0.15) is 22.3 Å². The minimum absolute atomic E-state index is 0.483. The summed E-state index contributed by atoms with van der Waals surface area (Å²) in [5.74, 6) is 1.82. The fraction of sp³-hybridized carbons (Fsp3) is 0.0204. The van der Waals surface area contributed by atoms with Gasteiger partial charge in [0.25, 0.3) is 0 Å². The zero-order valence-corrected chi connectivity index (χ0v) is 27.8. The van der Waals surface area contributed by atoms with Gasteiger partial charge in [0.1, 0.15) is 11.5 Å². The fourth-order valence-electron chi connectivity index (χ4n) is 8.92.